The first-order valence-corrected chi connectivity index (χ1v) is 4.55. The van der Waals surface area contributed by atoms with Gasteiger partial charge >= 0.3 is 6.09 Å². The maximum absolute atomic E-state index is 10.2. The summed E-state index contributed by atoms with van der Waals surface area (Å²) in [6.45, 7) is 0.118. The molecule has 0 atom stereocenters. The fourth-order valence-corrected chi connectivity index (χ4v) is 1.17. The molecule has 0 fully saturated rings. The number of hydrogen-bond acceptors (Lipinski definition) is 2. The van der Waals surface area contributed by atoms with E-state index in [1.165, 1.54) is 0 Å². The standard InChI is InChI=1S/C9H8Cl2NO2/c10-7-2-1-6(5-8(7)11)3-4-14-9(12)13/h1-3,5H,4H2,(H2,12,13). The van der Waals surface area contributed by atoms with Gasteiger partial charge in [-0.2, -0.15) is 0 Å². The fourth-order valence-electron chi connectivity index (χ4n) is 0.859. The van der Waals surface area contributed by atoms with Crippen molar-refractivity contribution in [1.29, 1.82) is 0 Å². The second-order valence-electron chi connectivity index (χ2n) is 2.51. The van der Waals surface area contributed by atoms with Crippen molar-refractivity contribution in [3.63, 3.8) is 0 Å². The van der Waals surface area contributed by atoms with E-state index in [0.717, 1.165) is 5.56 Å². The monoisotopic (exact) mass is 232 g/mol. The Hall–Kier alpha value is -0.930. The number of nitrogens with two attached hydrogens (primary N) is 1. The molecule has 0 spiro atoms. The van der Waals surface area contributed by atoms with Crippen LogP contribution < -0.4 is 5.73 Å². The zero-order valence-electron chi connectivity index (χ0n) is 7.17. The zero-order valence-corrected chi connectivity index (χ0v) is 8.68. The van der Waals surface area contributed by atoms with Gasteiger partial charge in [0.15, 0.2) is 0 Å². The van der Waals surface area contributed by atoms with E-state index in [0.29, 0.717) is 10.0 Å². The van der Waals surface area contributed by atoms with Crippen molar-refractivity contribution in [3.05, 3.63) is 40.2 Å². The predicted octanol–water partition coefficient (Wildman–Crippen LogP) is 2.64. The van der Waals surface area contributed by atoms with E-state index in [2.05, 4.69) is 4.74 Å². The normalized spacial score (nSPS) is 9.86. The zero-order chi connectivity index (χ0) is 10.6. The van der Waals surface area contributed by atoms with E-state index in [1.807, 2.05) is 0 Å². The van der Waals surface area contributed by atoms with E-state index in [-0.39, 0.29) is 6.61 Å². The van der Waals surface area contributed by atoms with E-state index in [9.17, 15) is 4.79 Å². The summed E-state index contributed by atoms with van der Waals surface area (Å²) in [7, 11) is 0. The number of halogens is 2. The summed E-state index contributed by atoms with van der Waals surface area (Å²) < 4.78 is 4.52. The third kappa shape index (κ3) is 3.44. The Morgan fingerprint density at radius 3 is 2.71 bits per heavy atom. The van der Waals surface area contributed by atoms with Gasteiger partial charge in [-0.1, -0.05) is 29.3 Å². The van der Waals surface area contributed by atoms with Gasteiger partial charge in [-0.15, -0.1) is 0 Å². The number of hydrogen-bond donors (Lipinski definition) is 1. The Morgan fingerprint density at radius 1 is 1.43 bits per heavy atom. The molecule has 0 aliphatic rings. The summed E-state index contributed by atoms with van der Waals surface area (Å²) >= 11 is 11.5. The first-order chi connectivity index (χ1) is 6.59. The largest absolute Gasteiger partial charge is 0.449 e. The highest BCUT2D eigenvalue weighted by Crippen LogP contribution is 2.23. The van der Waals surface area contributed by atoms with Crippen molar-refractivity contribution < 1.29 is 9.53 Å². The Balaban J connectivity index is 2.51. The van der Waals surface area contributed by atoms with Crippen LogP contribution in [0.25, 0.3) is 0 Å². The molecule has 1 aromatic carbocycles. The fraction of sp³-hybridized carbons (Fsp3) is 0.111. The van der Waals surface area contributed by atoms with Crippen LogP contribution in [0.3, 0.4) is 0 Å². The van der Waals surface area contributed by atoms with E-state index in [1.54, 1.807) is 24.6 Å². The molecule has 0 aliphatic carbocycles. The lowest BCUT2D eigenvalue weighted by molar-refractivity contribution is 0.166. The summed E-state index contributed by atoms with van der Waals surface area (Å²) in [4.78, 5) is 10.2. The predicted molar refractivity (Wildman–Crippen MR) is 55.4 cm³/mol. The minimum atomic E-state index is -0.804. The van der Waals surface area contributed by atoms with Crippen molar-refractivity contribution >= 4 is 29.3 Å². The van der Waals surface area contributed by atoms with Crippen LogP contribution in [0.5, 0.6) is 0 Å². The van der Waals surface area contributed by atoms with Gasteiger partial charge in [0.25, 0.3) is 0 Å². The molecule has 14 heavy (non-hydrogen) atoms. The average Bonchev–Trinajstić information content (AvgIpc) is 2.10. The van der Waals surface area contributed by atoms with Crippen LogP contribution in [0.15, 0.2) is 18.2 Å². The molecule has 0 unspecified atom stereocenters. The topological polar surface area (TPSA) is 52.3 Å². The lowest BCUT2D eigenvalue weighted by atomic mass is 10.2. The highest BCUT2D eigenvalue weighted by atomic mass is 35.5. The van der Waals surface area contributed by atoms with Gasteiger partial charge in [0, 0.05) is 6.42 Å². The minimum absolute atomic E-state index is 0.118. The van der Waals surface area contributed by atoms with E-state index in [4.69, 9.17) is 28.9 Å². The summed E-state index contributed by atoms with van der Waals surface area (Å²) in [5, 5.41) is 0.944. The van der Waals surface area contributed by atoms with Gasteiger partial charge in [0.2, 0.25) is 0 Å². The molecule has 0 aliphatic heterocycles. The third-order valence-electron chi connectivity index (χ3n) is 1.49. The first-order valence-electron chi connectivity index (χ1n) is 3.80. The molecule has 3 nitrogen and oxygen atoms in total. The van der Waals surface area contributed by atoms with Crippen molar-refractivity contribution in [3.8, 4) is 0 Å². The lowest BCUT2D eigenvalue weighted by Crippen LogP contribution is -2.14. The number of ether oxygens (including phenoxy) is 1. The Morgan fingerprint density at radius 2 is 2.14 bits per heavy atom. The second-order valence-corrected chi connectivity index (χ2v) is 3.32. The molecule has 1 radical (unpaired) electrons. The van der Waals surface area contributed by atoms with Crippen LogP contribution in [0, 0.1) is 6.42 Å². The summed E-state index contributed by atoms with van der Waals surface area (Å²) in [5.41, 5.74) is 5.60. The van der Waals surface area contributed by atoms with Gasteiger partial charge in [0.1, 0.15) is 6.61 Å². The summed E-state index contributed by atoms with van der Waals surface area (Å²) in [6, 6.07) is 5.10. The number of carbonyl (C=O) groups is 1. The van der Waals surface area contributed by atoms with Gasteiger partial charge in [-0.25, -0.2) is 4.79 Å². The van der Waals surface area contributed by atoms with Crippen LogP contribution in [0.4, 0.5) is 4.79 Å². The Labute approximate surface area is 91.7 Å². The molecule has 1 rings (SSSR count). The number of rotatable bonds is 3. The maximum atomic E-state index is 10.2. The highest BCUT2D eigenvalue weighted by Gasteiger charge is 2.00. The minimum Gasteiger partial charge on any atom is -0.449 e. The Kier molecular flexibility index (Phi) is 4.04. The van der Waals surface area contributed by atoms with Crippen LogP contribution in [0.2, 0.25) is 10.0 Å². The molecule has 1 aromatic rings. The van der Waals surface area contributed by atoms with Crippen molar-refractivity contribution in [2.45, 2.75) is 0 Å². The smallest absolute Gasteiger partial charge is 0.404 e. The molecular weight excluding hydrogens is 225 g/mol. The van der Waals surface area contributed by atoms with Gasteiger partial charge < -0.3 is 10.5 Å². The number of primary amides is 1. The Bertz CT molecular complexity index is 342. The van der Waals surface area contributed by atoms with Gasteiger partial charge in [-0.05, 0) is 17.7 Å². The molecule has 0 heterocycles. The molecule has 0 bridgehead atoms. The van der Waals surface area contributed by atoms with Crippen molar-refractivity contribution in [2.24, 2.45) is 5.73 Å². The molecule has 75 valence electrons. The number of benzene rings is 1. The number of amides is 1. The molecular formula is C9H8Cl2NO2. The molecule has 1 amide bonds. The lowest BCUT2D eigenvalue weighted by Gasteiger charge is -2.02. The molecule has 0 aromatic heterocycles. The van der Waals surface area contributed by atoms with Crippen LogP contribution in [0.1, 0.15) is 5.56 Å². The first kappa shape index (κ1) is 11.1. The van der Waals surface area contributed by atoms with Crippen molar-refractivity contribution in [2.75, 3.05) is 6.61 Å². The number of carbonyl (C=O) groups excluding carboxylic acids is 1. The molecule has 0 saturated heterocycles. The van der Waals surface area contributed by atoms with E-state index < -0.39 is 6.09 Å². The third-order valence-corrected chi connectivity index (χ3v) is 2.23. The summed E-state index contributed by atoms with van der Waals surface area (Å²) in [5.74, 6) is 0. The molecule has 5 heteroatoms. The molecule has 0 saturated carbocycles. The maximum Gasteiger partial charge on any atom is 0.404 e. The highest BCUT2D eigenvalue weighted by molar-refractivity contribution is 6.42. The van der Waals surface area contributed by atoms with Gasteiger partial charge in [-0.3, -0.25) is 0 Å². The van der Waals surface area contributed by atoms with Crippen LogP contribution in [-0.2, 0) is 4.74 Å². The van der Waals surface area contributed by atoms with Gasteiger partial charge in [0.05, 0.1) is 10.0 Å². The van der Waals surface area contributed by atoms with Crippen molar-refractivity contribution in [1.82, 2.24) is 0 Å². The summed E-state index contributed by atoms with van der Waals surface area (Å²) in [6.07, 6.45) is 0.869. The molecule has 2 N–H and O–H groups in total. The van der Waals surface area contributed by atoms with E-state index >= 15 is 0 Å². The SMILES string of the molecule is NC(=O)OC[CH]c1ccc(Cl)c(Cl)c1. The van der Waals surface area contributed by atoms with Crippen LogP contribution >= 0.6 is 23.2 Å². The average molecular weight is 233 g/mol. The van der Waals surface area contributed by atoms with Crippen LogP contribution in [-0.4, -0.2) is 12.7 Å². The quantitative estimate of drug-likeness (QED) is 0.872. The second kappa shape index (κ2) is 5.08.